The zero-order valence-corrected chi connectivity index (χ0v) is 13.1. The van der Waals surface area contributed by atoms with Crippen molar-refractivity contribution in [2.24, 2.45) is 0 Å². The van der Waals surface area contributed by atoms with E-state index in [0.717, 1.165) is 0 Å². The van der Waals surface area contributed by atoms with E-state index in [-0.39, 0.29) is 45.0 Å². The zero-order chi connectivity index (χ0) is 15.2. The van der Waals surface area contributed by atoms with Gasteiger partial charge in [-0.05, 0) is 20.8 Å². The fraction of sp³-hybridized carbons (Fsp3) is 0.833. The van der Waals surface area contributed by atoms with Crippen molar-refractivity contribution >= 4 is 19.5 Å². The Hall–Kier alpha value is -0.910. The van der Waals surface area contributed by atoms with Crippen LogP contribution < -0.4 is 0 Å². The third-order valence-electron chi connectivity index (χ3n) is 2.89. The van der Waals surface area contributed by atoms with Gasteiger partial charge in [0.15, 0.2) is 0 Å². The first kappa shape index (κ1) is 17.1. The van der Waals surface area contributed by atoms with E-state index in [9.17, 15) is 14.2 Å². The summed E-state index contributed by atoms with van der Waals surface area (Å²) in [5.74, 6) is -0.960. The Morgan fingerprint density at radius 2 is 1.85 bits per heavy atom. The molecular formula is C12H22NO6P. The Kier molecular flexibility index (Phi) is 6.65. The van der Waals surface area contributed by atoms with Crippen molar-refractivity contribution in [1.82, 2.24) is 4.90 Å². The molecule has 1 aliphatic rings. The Balaban J connectivity index is 3.00. The number of Topliss-reactive ketones (excluding diaryl/α,β-unsaturated/α-hetero) is 1. The molecule has 0 spiro atoms. The number of rotatable bonds is 6. The molecule has 1 atom stereocenters. The number of likely N-dealkylation sites (tertiary alicyclic amines) is 1. The lowest BCUT2D eigenvalue weighted by atomic mass is 10.1. The van der Waals surface area contributed by atoms with Crippen LogP contribution >= 0.6 is 7.60 Å². The van der Waals surface area contributed by atoms with Crippen molar-refractivity contribution in [2.75, 3.05) is 26.4 Å². The largest absolute Gasteiger partial charge is 0.450 e. The number of nitrogens with zero attached hydrogens (tertiary/aromatic N) is 1. The number of amides is 1. The van der Waals surface area contributed by atoms with E-state index in [0.29, 0.717) is 0 Å². The Morgan fingerprint density at radius 3 is 2.35 bits per heavy atom. The third kappa shape index (κ3) is 4.04. The van der Waals surface area contributed by atoms with Crippen molar-refractivity contribution in [1.29, 1.82) is 0 Å². The van der Waals surface area contributed by atoms with Crippen molar-refractivity contribution in [3.05, 3.63) is 0 Å². The van der Waals surface area contributed by atoms with E-state index < -0.39 is 19.5 Å². The molecule has 0 N–H and O–H groups in total. The summed E-state index contributed by atoms with van der Waals surface area (Å²) in [6, 6.07) is 0. The van der Waals surface area contributed by atoms with Crippen LogP contribution in [0.1, 0.15) is 33.6 Å². The van der Waals surface area contributed by atoms with Crippen LogP contribution in [0.4, 0.5) is 4.79 Å². The molecule has 20 heavy (non-hydrogen) atoms. The molecule has 7 nitrogen and oxygen atoms in total. The number of ketones is 1. The summed E-state index contributed by atoms with van der Waals surface area (Å²) < 4.78 is 28.2. The van der Waals surface area contributed by atoms with Crippen LogP contribution in [-0.2, 0) is 23.1 Å². The van der Waals surface area contributed by atoms with Gasteiger partial charge >= 0.3 is 13.7 Å². The highest BCUT2D eigenvalue weighted by Gasteiger charge is 2.46. The van der Waals surface area contributed by atoms with Crippen LogP contribution in [-0.4, -0.2) is 48.9 Å². The monoisotopic (exact) mass is 307 g/mol. The highest BCUT2D eigenvalue weighted by molar-refractivity contribution is 7.54. The van der Waals surface area contributed by atoms with Gasteiger partial charge in [0.2, 0.25) is 0 Å². The van der Waals surface area contributed by atoms with Crippen molar-refractivity contribution in [3.63, 3.8) is 0 Å². The fourth-order valence-corrected chi connectivity index (χ4v) is 4.20. The third-order valence-corrected chi connectivity index (χ3v) is 5.31. The average Bonchev–Trinajstić information content (AvgIpc) is 2.39. The van der Waals surface area contributed by atoms with Crippen LogP contribution in [0.3, 0.4) is 0 Å². The predicted molar refractivity (Wildman–Crippen MR) is 72.6 cm³/mol. The molecule has 0 aromatic rings. The second-order valence-corrected chi connectivity index (χ2v) is 6.43. The van der Waals surface area contributed by atoms with Gasteiger partial charge in [0.05, 0.1) is 19.8 Å². The molecule has 116 valence electrons. The second-order valence-electron chi connectivity index (χ2n) is 4.24. The number of hydrogen-bond acceptors (Lipinski definition) is 6. The molecule has 0 aromatic heterocycles. The van der Waals surface area contributed by atoms with Crippen molar-refractivity contribution < 1.29 is 27.9 Å². The zero-order valence-electron chi connectivity index (χ0n) is 12.2. The molecule has 0 aliphatic carbocycles. The maximum Gasteiger partial charge on any atom is 0.410 e. The minimum absolute atomic E-state index is 0.0317. The molecule has 1 aliphatic heterocycles. The summed E-state index contributed by atoms with van der Waals surface area (Å²) >= 11 is 0. The number of piperidine rings is 1. The van der Waals surface area contributed by atoms with E-state index >= 15 is 0 Å². The summed E-state index contributed by atoms with van der Waals surface area (Å²) in [6.07, 6.45) is -0.395. The van der Waals surface area contributed by atoms with E-state index in [4.69, 9.17) is 13.8 Å². The Labute approximate surface area is 119 Å². The molecule has 0 radical (unpaired) electrons. The van der Waals surface area contributed by atoms with Crippen molar-refractivity contribution in [2.45, 2.75) is 39.4 Å². The van der Waals surface area contributed by atoms with Crippen LogP contribution in [0.5, 0.6) is 0 Å². The maximum atomic E-state index is 12.8. The van der Waals surface area contributed by atoms with Gasteiger partial charge in [0.25, 0.3) is 0 Å². The molecule has 0 saturated carbocycles. The first-order valence-electron chi connectivity index (χ1n) is 6.82. The number of ether oxygens (including phenoxy) is 1. The quantitative estimate of drug-likeness (QED) is 0.701. The molecule has 1 fully saturated rings. The Morgan fingerprint density at radius 1 is 1.25 bits per heavy atom. The number of carbonyl (C=O) groups is 2. The van der Waals surface area contributed by atoms with Crippen LogP contribution in [0, 0.1) is 0 Å². The van der Waals surface area contributed by atoms with Gasteiger partial charge in [0, 0.05) is 19.4 Å². The molecule has 1 unspecified atom stereocenters. The molecule has 0 aromatic carbocycles. The SMILES string of the molecule is CCOC(=O)N1CCC(=O)CC1P(=O)(OCC)OCC. The minimum atomic E-state index is -3.56. The van der Waals surface area contributed by atoms with Crippen LogP contribution in [0.25, 0.3) is 0 Å². The maximum absolute atomic E-state index is 12.8. The van der Waals surface area contributed by atoms with Gasteiger partial charge in [-0.2, -0.15) is 0 Å². The van der Waals surface area contributed by atoms with Gasteiger partial charge < -0.3 is 13.8 Å². The Bertz CT molecular complexity index is 389. The highest BCUT2D eigenvalue weighted by Crippen LogP contribution is 2.56. The van der Waals surface area contributed by atoms with Crippen molar-refractivity contribution in [3.8, 4) is 0 Å². The van der Waals surface area contributed by atoms with Crippen LogP contribution in [0.15, 0.2) is 0 Å². The highest BCUT2D eigenvalue weighted by atomic mass is 31.2. The first-order valence-corrected chi connectivity index (χ1v) is 8.43. The minimum Gasteiger partial charge on any atom is -0.450 e. The molecule has 1 amide bonds. The molecule has 8 heteroatoms. The average molecular weight is 307 g/mol. The molecule has 1 saturated heterocycles. The van der Waals surface area contributed by atoms with Gasteiger partial charge in [0.1, 0.15) is 11.6 Å². The molecule has 1 heterocycles. The van der Waals surface area contributed by atoms with Gasteiger partial charge in [-0.25, -0.2) is 4.79 Å². The normalized spacial score (nSPS) is 20.1. The van der Waals surface area contributed by atoms with E-state index in [1.165, 1.54) is 4.90 Å². The summed E-state index contributed by atoms with van der Waals surface area (Å²) in [5.41, 5.74) is 0. The van der Waals surface area contributed by atoms with E-state index in [2.05, 4.69) is 0 Å². The predicted octanol–water partition coefficient (Wildman–Crippen LogP) is 2.40. The molecular weight excluding hydrogens is 285 g/mol. The van der Waals surface area contributed by atoms with Crippen LogP contribution in [0.2, 0.25) is 0 Å². The second kappa shape index (κ2) is 7.76. The summed E-state index contributed by atoms with van der Waals surface area (Å²) in [7, 11) is -3.56. The lowest BCUT2D eigenvalue weighted by Gasteiger charge is -2.37. The van der Waals surface area contributed by atoms with Gasteiger partial charge in [-0.3, -0.25) is 14.3 Å². The first-order chi connectivity index (χ1) is 9.48. The topological polar surface area (TPSA) is 82.1 Å². The lowest BCUT2D eigenvalue weighted by Crippen LogP contribution is -2.47. The van der Waals surface area contributed by atoms with E-state index in [1.807, 2.05) is 0 Å². The van der Waals surface area contributed by atoms with E-state index in [1.54, 1.807) is 20.8 Å². The fourth-order valence-electron chi connectivity index (χ4n) is 2.08. The smallest absolute Gasteiger partial charge is 0.410 e. The van der Waals surface area contributed by atoms with Gasteiger partial charge in [-0.15, -0.1) is 0 Å². The number of hydrogen-bond donors (Lipinski definition) is 0. The molecule has 0 bridgehead atoms. The summed E-state index contributed by atoms with van der Waals surface area (Å²) in [5, 5.41) is 0. The number of carbonyl (C=O) groups excluding carboxylic acids is 2. The standard InChI is InChI=1S/C12H22NO6P/c1-4-17-12(15)13-8-7-10(14)9-11(13)20(16,18-5-2)19-6-3/h11H,4-9H2,1-3H3. The van der Waals surface area contributed by atoms with Gasteiger partial charge in [-0.1, -0.05) is 0 Å². The summed E-state index contributed by atoms with van der Waals surface area (Å²) in [6.45, 7) is 5.80. The lowest BCUT2D eigenvalue weighted by molar-refractivity contribution is -0.121. The summed E-state index contributed by atoms with van der Waals surface area (Å²) in [4.78, 5) is 24.9. The molecule has 1 rings (SSSR count).